The van der Waals surface area contributed by atoms with Gasteiger partial charge in [-0.25, -0.2) is 4.21 Å². The highest BCUT2D eigenvalue weighted by atomic mass is 32.2. The van der Waals surface area contributed by atoms with Gasteiger partial charge in [0.2, 0.25) is 5.82 Å². The van der Waals surface area contributed by atoms with Crippen LogP contribution in [0.1, 0.15) is 16.2 Å². The van der Waals surface area contributed by atoms with Gasteiger partial charge >= 0.3 is 12.1 Å². The summed E-state index contributed by atoms with van der Waals surface area (Å²) in [5.74, 6) is -1.77. The number of para-hydroxylation sites is 1. The first-order valence-corrected chi connectivity index (χ1v) is 10.7. The number of amides is 1. The Bertz CT molecular complexity index is 1140. The van der Waals surface area contributed by atoms with Gasteiger partial charge in [-0.15, -0.1) is 0 Å². The molecular weight excluding hydrogens is 423 g/mol. The van der Waals surface area contributed by atoms with E-state index in [-0.39, 0.29) is 29.3 Å². The number of ether oxygens (including phenoxy) is 1. The third-order valence-electron chi connectivity index (χ3n) is 3.81. The van der Waals surface area contributed by atoms with Gasteiger partial charge in [0.15, 0.2) is 0 Å². The van der Waals surface area contributed by atoms with Crippen LogP contribution in [-0.2, 0) is 15.9 Å². The third-order valence-corrected chi connectivity index (χ3v) is 5.28. The van der Waals surface area contributed by atoms with Crippen LogP contribution < -0.4 is 4.74 Å². The van der Waals surface area contributed by atoms with Gasteiger partial charge in [0, 0.05) is 17.4 Å². The highest BCUT2D eigenvalue weighted by Crippen LogP contribution is 2.29. The molecular formula is C19H16F3N3O4S. The predicted molar refractivity (Wildman–Crippen MR) is 102 cm³/mol. The van der Waals surface area contributed by atoms with E-state index in [2.05, 4.69) is 19.0 Å². The molecule has 0 aliphatic heterocycles. The smallest absolute Gasteiger partial charge is 0.471 e. The van der Waals surface area contributed by atoms with Crippen molar-refractivity contribution in [2.75, 3.05) is 18.6 Å². The largest absolute Gasteiger partial charge is 0.493 e. The highest BCUT2D eigenvalue weighted by Gasteiger charge is 2.38. The average molecular weight is 439 g/mol. The molecule has 7 nitrogen and oxygen atoms in total. The second-order valence-corrected chi connectivity index (χ2v) is 8.73. The molecule has 0 bridgehead atoms. The lowest BCUT2D eigenvalue weighted by molar-refractivity contribution is -0.159. The number of hydrogen-bond acceptors (Lipinski definition) is 6. The lowest BCUT2D eigenvalue weighted by atomic mass is 10.1. The van der Waals surface area contributed by atoms with Gasteiger partial charge in [-0.05, 0) is 24.3 Å². The van der Waals surface area contributed by atoms with Crippen LogP contribution in [0, 0.1) is 0 Å². The summed E-state index contributed by atoms with van der Waals surface area (Å²) in [5.41, 5.74) is 0.344. The Balaban J connectivity index is 1.66. The van der Waals surface area contributed by atoms with Gasteiger partial charge < -0.3 is 9.26 Å². The summed E-state index contributed by atoms with van der Waals surface area (Å²) in [5, 5.41) is 3.27. The van der Waals surface area contributed by atoms with Gasteiger partial charge in [0.1, 0.15) is 12.4 Å². The average Bonchev–Trinajstić information content (AvgIpc) is 3.19. The van der Waals surface area contributed by atoms with Crippen LogP contribution in [0.5, 0.6) is 5.75 Å². The van der Waals surface area contributed by atoms with Crippen molar-refractivity contribution in [3.05, 3.63) is 66.1 Å². The van der Waals surface area contributed by atoms with Crippen molar-refractivity contribution >= 4 is 15.6 Å². The molecule has 11 heteroatoms. The number of alkyl halides is 3. The fourth-order valence-electron chi connectivity index (χ4n) is 2.32. The topological polar surface area (TPSA) is 94.7 Å². The molecule has 1 heterocycles. The van der Waals surface area contributed by atoms with E-state index in [1.54, 1.807) is 24.3 Å². The van der Waals surface area contributed by atoms with E-state index in [9.17, 15) is 22.2 Å². The van der Waals surface area contributed by atoms with Crippen LogP contribution in [0.25, 0.3) is 11.4 Å². The molecule has 0 aliphatic carbocycles. The molecule has 0 aliphatic rings. The van der Waals surface area contributed by atoms with Crippen LogP contribution in [0.4, 0.5) is 13.2 Å². The minimum Gasteiger partial charge on any atom is -0.493 e. The molecule has 0 spiro atoms. The number of carbonyl (C=O) groups is 1. The van der Waals surface area contributed by atoms with Crippen molar-refractivity contribution < 1.29 is 31.4 Å². The van der Waals surface area contributed by atoms with E-state index < -0.39 is 27.7 Å². The minimum atomic E-state index is -4.74. The number of nitrogens with zero attached hydrogens (tertiary/aromatic N) is 3. The van der Waals surface area contributed by atoms with Crippen molar-refractivity contribution in [2.24, 2.45) is 4.36 Å². The first kappa shape index (κ1) is 21.5. The van der Waals surface area contributed by atoms with Crippen molar-refractivity contribution in [1.82, 2.24) is 10.1 Å². The molecule has 0 N–H and O–H groups in total. The molecule has 3 rings (SSSR count). The number of hydrogen-bond donors (Lipinski definition) is 0. The molecule has 1 aromatic heterocycles. The molecule has 0 fully saturated rings. The number of halogens is 3. The normalized spacial score (nSPS) is 13.5. The van der Waals surface area contributed by atoms with Crippen LogP contribution in [0.3, 0.4) is 0 Å². The lowest BCUT2D eigenvalue weighted by Gasteiger charge is -2.07. The standard InChI is InChI=1S/C19H16F3N3O4S/c1-30(27,12-11-28-15-5-3-2-4-6-15)25-17(26)14-9-7-13(8-10-14)16-23-18(29-24-16)19(20,21)22/h2-10H,11-12H2,1H3. The first-order chi connectivity index (χ1) is 14.1. The summed E-state index contributed by atoms with van der Waals surface area (Å²) in [6.45, 7) is 0.119. The Hall–Kier alpha value is -3.21. The van der Waals surface area contributed by atoms with Gasteiger partial charge in [0.25, 0.3) is 5.91 Å². The Morgan fingerprint density at radius 2 is 1.80 bits per heavy atom. The zero-order chi connectivity index (χ0) is 21.8. The monoisotopic (exact) mass is 439 g/mol. The Morgan fingerprint density at radius 3 is 2.40 bits per heavy atom. The summed E-state index contributed by atoms with van der Waals surface area (Å²) in [6, 6.07) is 14.3. The predicted octanol–water partition coefficient (Wildman–Crippen LogP) is 4.07. The Morgan fingerprint density at radius 1 is 1.13 bits per heavy atom. The van der Waals surface area contributed by atoms with E-state index in [0.717, 1.165) is 0 Å². The van der Waals surface area contributed by atoms with Gasteiger partial charge in [-0.1, -0.05) is 35.5 Å². The number of benzene rings is 2. The zero-order valence-electron chi connectivity index (χ0n) is 15.6. The van der Waals surface area contributed by atoms with Crippen LogP contribution >= 0.6 is 0 Å². The van der Waals surface area contributed by atoms with Gasteiger partial charge in [-0.2, -0.15) is 22.5 Å². The Kier molecular flexibility index (Phi) is 6.20. The second-order valence-electron chi connectivity index (χ2n) is 6.22. The molecule has 30 heavy (non-hydrogen) atoms. The second kappa shape index (κ2) is 8.66. The van der Waals surface area contributed by atoms with E-state index in [1.165, 1.54) is 30.5 Å². The maximum atomic E-state index is 12.5. The van der Waals surface area contributed by atoms with Gasteiger partial charge in [0.05, 0.1) is 15.5 Å². The molecule has 1 atom stereocenters. The molecule has 0 radical (unpaired) electrons. The van der Waals surface area contributed by atoms with E-state index in [1.807, 2.05) is 6.07 Å². The molecule has 1 unspecified atom stereocenters. The minimum absolute atomic E-state index is 0.0504. The third kappa shape index (κ3) is 5.66. The van der Waals surface area contributed by atoms with Crippen molar-refractivity contribution in [1.29, 1.82) is 0 Å². The van der Waals surface area contributed by atoms with Crippen LogP contribution in [-0.4, -0.2) is 38.9 Å². The summed E-state index contributed by atoms with van der Waals surface area (Å²) < 4.78 is 63.6. The quantitative estimate of drug-likeness (QED) is 0.575. The van der Waals surface area contributed by atoms with E-state index >= 15 is 0 Å². The zero-order valence-corrected chi connectivity index (χ0v) is 16.4. The molecule has 0 saturated carbocycles. The van der Waals surface area contributed by atoms with E-state index in [4.69, 9.17) is 4.74 Å². The molecule has 1 amide bonds. The number of rotatable bonds is 6. The fourth-order valence-corrected chi connectivity index (χ4v) is 3.26. The SMILES string of the molecule is CS(=O)(CCOc1ccccc1)=NC(=O)c1ccc(-c2noc(C(F)(F)F)n2)cc1. The maximum Gasteiger partial charge on any atom is 0.471 e. The fraction of sp³-hybridized carbons (Fsp3) is 0.211. The molecule has 2 aromatic carbocycles. The molecule has 158 valence electrons. The van der Waals surface area contributed by atoms with Crippen molar-refractivity contribution in [3.8, 4) is 17.1 Å². The first-order valence-electron chi connectivity index (χ1n) is 8.57. The maximum absolute atomic E-state index is 12.5. The Labute approximate surface area is 170 Å². The number of carbonyl (C=O) groups excluding carboxylic acids is 1. The molecule has 0 saturated heterocycles. The lowest BCUT2D eigenvalue weighted by Crippen LogP contribution is -2.14. The highest BCUT2D eigenvalue weighted by molar-refractivity contribution is 7.93. The summed E-state index contributed by atoms with van der Waals surface area (Å²) in [7, 11) is -2.84. The van der Waals surface area contributed by atoms with E-state index in [0.29, 0.717) is 5.75 Å². The summed E-state index contributed by atoms with van der Waals surface area (Å²) >= 11 is 0. The van der Waals surface area contributed by atoms with Crippen LogP contribution in [0.2, 0.25) is 0 Å². The summed E-state index contributed by atoms with van der Waals surface area (Å²) in [4.78, 5) is 15.6. The van der Waals surface area contributed by atoms with Gasteiger partial charge in [-0.3, -0.25) is 4.79 Å². The summed E-state index contributed by atoms with van der Waals surface area (Å²) in [6.07, 6.45) is -3.39. The van der Waals surface area contributed by atoms with Crippen molar-refractivity contribution in [2.45, 2.75) is 6.18 Å². The number of aromatic nitrogens is 2. The van der Waals surface area contributed by atoms with Crippen molar-refractivity contribution in [3.63, 3.8) is 0 Å². The van der Waals surface area contributed by atoms with Crippen LogP contribution in [0.15, 0.2) is 63.5 Å². The molecule has 3 aromatic rings.